The molecule has 2 N–H and O–H groups in total. The van der Waals surface area contributed by atoms with Crippen molar-refractivity contribution in [2.45, 2.75) is 0 Å². The van der Waals surface area contributed by atoms with Crippen LogP contribution in [-0.4, -0.2) is 34.9 Å². The molecule has 0 saturated heterocycles. The SMILES string of the molecule is OCC[SH+]CCO.[Cl-]. The molecule has 0 aromatic rings. The standard InChI is InChI=1S/C4H10O2S.ClH/c5-1-3-7-4-2-6;/h5-6H,1-4H2;1H. The first kappa shape index (κ1) is 11.4. The summed E-state index contributed by atoms with van der Waals surface area (Å²) in [6.45, 7) is 0.475. The van der Waals surface area contributed by atoms with E-state index in [1.807, 2.05) is 0 Å². The summed E-state index contributed by atoms with van der Waals surface area (Å²) in [7, 11) is 0. The molecule has 0 radical (unpaired) electrons. The van der Waals surface area contributed by atoms with Gasteiger partial charge in [0.05, 0.1) is 13.2 Å². The number of rotatable bonds is 4. The number of halogens is 1. The van der Waals surface area contributed by atoms with Crippen LogP contribution in [0.1, 0.15) is 0 Å². The van der Waals surface area contributed by atoms with Crippen LogP contribution in [0.25, 0.3) is 0 Å². The third kappa shape index (κ3) is 9.75. The van der Waals surface area contributed by atoms with Gasteiger partial charge in [0, 0.05) is 0 Å². The number of thiol groups is 1. The van der Waals surface area contributed by atoms with Gasteiger partial charge in [-0.1, -0.05) is 0 Å². The Labute approximate surface area is 59.7 Å². The van der Waals surface area contributed by atoms with E-state index in [4.69, 9.17) is 10.2 Å². The molecule has 0 bridgehead atoms. The third-order valence-electron chi connectivity index (χ3n) is 0.516. The molecule has 0 saturated carbocycles. The van der Waals surface area contributed by atoms with Gasteiger partial charge in [-0.05, 0) is 11.8 Å². The summed E-state index contributed by atoms with van der Waals surface area (Å²) in [5, 5.41) is 16.4. The van der Waals surface area contributed by atoms with Crippen LogP contribution in [0, 0.1) is 0 Å². The first-order chi connectivity index (χ1) is 3.41. The Hall–Kier alpha value is 0.560. The molecule has 0 heterocycles. The first-order valence-electron chi connectivity index (χ1n) is 2.26. The van der Waals surface area contributed by atoms with Crippen LogP contribution in [-0.2, 0) is 11.8 Å². The topological polar surface area (TPSA) is 40.5 Å². The summed E-state index contributed by atoms with van der Waals surface area (Å²) in [4.78, 5) is 0. The lowest BCUT2D eigenvalue weighted by atomic mass is 10.9. The fourth-order valence-corrected chi connectivity index (χ4v) is 0.760. The monoisotopic (exact) mass is 158 g/mol. The van der Waals surface area contributed by atoms with Crippen LogP contribution >= 0.6 is 0 Å². The van der Waals surface area contributed by atoms with Crippen molar-refractivity contribution in [3.63, 3.8) is 0 Å². The lowest BCUT2D eigenvalue weighted by molar-refractivity contribution is -0.00000371. The lowest BCUT2D eigenvalue weighted by Crippen LogP contribution is -3.00. The average Bonchev–Trinajstić information content (AvgIpc) is 1.69. The van der Waals surface area contributed by atoms with Crippen LogP contribution in [0.4, 0.5) is 0 Å². The first-order valence-corrected chi connectivity index (χ1v) is 3.53. The van der Waals surface area contributed by atoms with E-state index < -0.39 is 0 Å². The molecule has 0 aromatic heterocycles. The summed E-state index contributed by atoms with van der Waals surface area (Å²) >= 11 is 1.14. The van der Waals surface area contributed by atoms with Gasteiger partial charge >= 0.3 is 0 Å². The van der Waals surface area contributed by atoms with E-state index in [-0.39, 0.29) is 25.6 Å². The van der Waals surface area contributed by atoms with Gasteiger partial charge in [0.1, 0.15) is 11.5 Å². The Morgan fingerprint density at radius 1 is 1.00 bits per heavy atom. The highest BCUT2D eigenvalue weighted by atomic mass is 35.5. The van der Waals surface area contributed by atoms with Crippen molar-refractivity contribution < 1.29 is 22.6 Å². The number of hydrogen-bond acceptors (Lipinski definition) is 2. The fraction of sp³-hybridized carbons (Fsp3) is 1.00. The van der Waals surface area contributed by atoms with Gasteiger partial charge in [0.15, 0.2) is 0 Å². The van der Waals surface area contributed by atoms with Gasteiger partial charge < -0.3 is 22.6 Å². The van der Waals surface area contributed by atoms with E-state index in [2.05, 4.69) is 0 Å². The highest BCUT2D eigenvalue weighted by Crippen LogP contribution is 1.70. The maximum absolute atomic E-state index is 8.20. The predicted octanol–water partition coefficient (Wildman–Crippen LogP) is -4.21. The predicted molar refractivity (Wildman–Crippen MR) is 32.7 cm³/mol. The largest absolute Gasteiger partial charge is 1.00 e. The van der Waals surface area contributed by atoms with Crippen LogP contribution < -0.4 is 12.4 Å². The van der Waals surface area contributed by atoms with Gasteiger partial charge in [-0.3, -0.25) is 0 Å². The minimum atomic E-state index is 0. The molecule has 0 aliphatic heterocycles. The molecular formula is C4H11ClO2S. The summed E-state index contributed by atoms with van der Waals surface area (Å²) in [5.41, 5.74) is 0. The highest BCUT2D eigenvalue weighted by molar-refractivity contribution is 7.78. The molecule has 0 rings (SSSR count). The molecule has 0 spiro atoms. The fourth-order valence-electron chi connectivity index (χ4n) is 0.253. The normalized spacial score (nSPS) is 8.25. The molecule has 0 aromatic carbocycles. The quantitative estimate of drug-likeness (QED) is 0.248. The van der Waals surface area contributed by atoms with Crippen LogP contribution in [0.3, 0.4) is 0 Å². The Morgan fingerprint density at radius 2 is 1.38 bits per heavy atom. The van der Waals surface area contributed by atoms with Gasteiger partial charge in [-0.15, -0.1) is 0 Å². The second-order valence-corrected chi connectivity index (χ2v) is 2.46. The maximum Gasteiger partial charge on any atom is 0.128 e. The lowest BCUT2D eigenvalue weighted by Gasteiger charge is -1.82. The highest BCUT2D eigenvalue weighted by Gasteiger charge is 1.90. The van der Waals surface area contributed by atoms with E-state index in [1.54, 1.807) is 0 Å². The van der Waals surface area contributed by atoms with Crippen molar-refractivity contribution in [1.29, 1.82) is 0 Å². The molecule has 0 aliphatic carbocycles. The Kier molecular flexibility index (Phi) is 15.0. The van der Waals surface area contributed by atoms with E-state index in [1.165, 1.54) is 0 Å². The molecule has 0 aliphatic rings. The zero-order chi connectivity index (χ0) is 5.54. The van der Waals surface area contributed by atoms with Gasteiger partial charge in [-0.2, -0.15) is 0 Å². The Morgan fingerprint density at radius 3 is 1.62 bits per heavy atom. The number of aliphatic hydroxyl groups excluding tert-OH is 2. The molecule has 4 heteroatoms. The molecule has 0 amide bonds. The van der Waals surface area contributed by atoms with Gasteiger partial charge in [0.2, 0.25) is 0 Å². The molecule has 2 nitrogen and oxygen atoms in total. The van der Waals surface area contributed by atoms with Crippen LogP contribution in [0.15, 0.2) is 0 Å². The molecule has 0 unspecified atom stereocenters. The van der Waals surface area contributed by atoms with Crippen molar-refractivity contribution >= 4 is 11.8 Å². The van der Waals surface area contributed by atoms with E-state index in [9.17, 15) is 0 Å². The number of aliphatic hydroxyl groups is 2. The molecule has 0 fully saturated rings. The van der Waals surface area contributed by atoms with E-state index in [0.29, 0.717) is 0 Å². The molecular weight excluding hydrogens is 148 g/mol. The molecule has 0 atom stereocenters. The smallest absolute Gasteiger partial charge is 0.128 e. The van der Waals surface area contributed by atoms with E-state index >= 15 is 0 Å². The summed E-state index contributed by atoms with van der Waals surface area (Å²) in [6.07, 6.45) is 0. The van der Waals surface area contributed by atoms with E-state index in [0.717, 1.165) is 23.3 Å². The summed E-state index contributed by atoms with van der Waals surface area (Å²) in [5.74, 6) is 1.58. The molecule has 8 heavy (non-hydrogen) atoms. The number of hydrogen-bond donors (Lipinski definition) is 2. The second kappa shape index (κ2) is 10.5. The zero-order valence-corrected chi connectivity index (χ0v) is 6.20. The van der Waals surface area contributed by atoms with Crippen LogP contribution in [0.2, 0.25) is 0 Å². The minimum absolute atomic E-state index is 0. The maximum atomic E-state index is 8.20. The Bertz CT molecular complexity index is 33.2. The third-order valence-corrected chi connectivity index (χ3v) is 1.55. The minimum Gasteiger partial charge on any atom is -1.00 e. The average molecular weight is 159 g/mol. The van der Waals surface area contributed by atoms with Crippen molar-refractivity contribution in [2.75, 3.05) is 24.7 Å². The Balaban J connectivity index is 0. The summed E-state index contributed by atoms with van der Waals surface area (Å²) in [6, 6.07) is 0. The summed E-state index contributed by atoms with van der Waals surface area (Å²) < 4.78 is 0. The second-order valence-electron chi connectivity index (χ2n) is 1.12. The molecule has 52 valence electrons. The van der Waals surface area contributed by atoms with Gasteiger partial charge in [-0.25, -0.2) is 0 Å². The van der Waals surface area contributed by atoms with Crippen LogP contribution in [0.5, 0.6) is 0 Å². The van der Waals surface area contributed by atoms with Crippen molar-refractivity contribution in [3.8, 4) is 0 Å². The van der Waals surface area contributed by atoms with Crippen molar-refractivity contribution in [2.24, 2.45) is 0 Å². The van der Waals surface area contributed by atoms with Gasteiger partial charge in [0.25, 0.3) is 0 Å². The zero-order valence-electron chi connectivity index (χ0n) is 4.55. The van der Waals surface area contributed by atoms with Crippen molar-refractivity contribution in [3.05, 3.63) is 0 Å². The van der Waals surface area contributed by atoms with Crippen molar-refractivity contribution in [1.82, 2.24) is 0 Å².